The lowest BCUT2D eigenvalue weighted by Crippen LogP contribution is -2.28. The van der Waals surface area contributed by atoms with Gasteiger partial charge in [0, 0.05) is 5.92 Å². The Kier molecular flexibility index (Phi) is 9.71. The molecule has 0 heterocycles. The van der Waals surface area contributed by atoms with Gasteiger partial charge in [-0.25, -0.2) is 4.39 Å². The van der Waals surface area contributed by atoms with Crippen LogP contribution in [0.2, 0.25) is 0 Å². The zero-order valence-electron chi connectivity index (χ0n) is 13.6. The highest BCUT2D eigenvalue weighted by molar-refractivity contribution is 9.10. The molecule has 3 atom stereocenters. The van der Waals surface area contributed by atoms with Crippen molar-refractivity contribution in [3.63, 3.8) is 0 Å². The van der Waals surface area contributed by atoms with Crippen LogP contribution in [-0.2, 0) is 4.79 Å². The lowest BCUT2D eigenvalue weighted by atomic mass is 9.81. The maximum atomic E-state index is 12.5. The summed E-state index contributed by atoms with van der Waals surface area (Å²) in [4.78, 5) is 11.2. The van der Waals surface area contributed by atoms with Crippen LogP contribution >= 0.6 is 15.9 Å². The maximum absolute atomic E-state index is 12.5. The summed E-state index contributed by atoms with van der Waals surface area (Å²) >= 11 is 3.07. The number of rotatable bonds is 5. The molecule has 0 radical (unpaired) electrons. The highest BCUT2D eigenvalue weighted by atomic mass is 79.9. The van der Waals surface area contributed by atoms with Crippen molar-refractivity contribution in [1.29, 1.82) is 0 Å². The van der Waals surface area contributed by atoms with Crippen LogP contribution < -0.4 is 5.73 Å². The first-order valence-corrected chi connectivity index (χ1v) is 8.18. The fourth-order valence-electron chi connectivity index (χ4n) is 1.94. The molecule has 0 aromatic heterocycles. The molecule has 4 heteroatoms. The number of hydrogen-bond donors (Lipinski definition) is 1. The summed E-state index contributed by atoms with van der Waals surface area (Å²) in [6.07, 6.45) is 1.13. The second kappa shape index (κ2) is 10.1. The zero-order chi connectivity index (χ0) is 16.6. The van der Waals surface area contributed by atoms with Gasteiger partial charge in [0.05, 0.1) is 11.0 Å². The third-order valence-electron chi connectivity index (χ3n) is 4.11. The number of carbonyl (C=O) groups is 1. The van der Waals surface area contributed by atoms with Crippen molar-refractivity contribution < 1.29 is 9.18 Å². The van der Waals surface area contributed by atoms with E-state index in [1.807, 2.05) is 13.8 Å². The van der Waals surface area contributed by atoms with Gasteiger partial charge in [-0.2, -0.15) is 0 Å². The van der Waals surface area contributed by atoms with E-state index >= 15 is 0 Å². The third kappa shape index (κ3) is 7.18. The summed E-state index contributed by atoms with van der Waals surface area (Å²) in [6.45, 7) is 10.6. The third-order valence-corrected chi connectivity index (χ3v) is 4.72. The molecular formula is C17H27BrFNO. The summed E-state index contributed by atoms with van der Waals surface area (Å²) in [6, 6.07) is 4.93. The maximum Gasteiger partial charge on any atom is 0.149 e. The summed E-state index contributed by atoms with van der Waals surface area (Å²) in [5, 5.41) is 0. The van der Waals surface area contributed by atoms with Crippen LogP contribution in [0.1, 0.15) is 39.7 Å². The normalized spacial score (nSPS) is 14.7. The first-order chi connectivity index (χ1) is 9.74. The molecule has 0 amide bonds. The predicted molar refractivity (Wildman–Crippen MR) is 90.7 cm³/mol. The van der Waals surface area contributed by atoms with Crippen molar-refractivity contribution in [1.82, 2.24) is 0 Å². The van der Waals surface area contributed by atoms with Gasteiger partial charge in [-0.05, 0) is 52.4 Å². The van der Waals surface area contributed by atoms with Gasteiger partial charge >= 0.3 is 0 Å². The molecule has 2 N–H and O–H groups in total. The molecule has 120 valence electrons. The fraction of sp³-hybridized carbons (Fsp3) is 0.588. The molecule has 0 aliphatic carbocycles. The minimum absolute atomic E-state index is 0.116. The number of hydrogen-bond acceptors (Lipinski definition) is 2. The van der Waals surface area contributed by atoms with Crippen molar-refractivity contribution in [2.45, 2.75) is 41.0 Å². The molecule has 0 spiro atoms. The summed E-state index contributed by atoms with van der Waals surface area (Å²) in [5.41, 5.74) is 6.36. The van der Waals surface area contributed by atoms with Crippen molar-refractivity contribution in [2.24, 2.45) is 23.5 Å². The first-order valence-electron chi connectivity index (χ1n) is 7.38. The van der Waals surface area contributed by atoms with Crippen LogP contribution in [0.15, 0.2) is 22.7 Å². The Morgan fingerprint density at radius 2 is 1.90 bits per heavy atom. The topological polar surface area (TPSA) is 43.1 Å². The minimum Gasteiger partial charge on any atom is -0.324 e. The molecule has 1 aromatic rings. The molecule has 0 saturated carbocycles. The van der Waals surface area contributed by atoms with E-state index in [2.05, 4.69) is 36.7 Å². The van der Waals surface area contributed by atoms with Crippen LogP contribution in [0.5, 0.6) is 0 Å². The van der Waals surface area contributed by atoms with E-state index in [0.29, 0.717) is 16.3 Å². The van der Waals surface area contributed by atoms with Crippen molar-refractivity contribution in [3.05, 3.63) is 34.1 Å². The molecule has 0 aliphatic heterocycles. The van der Waals surface area contributed by atoms with Gasteiger partial charge in [0.1, 0.15) is 11.6 Å². The SMILES string of the molecule is CCC(C)C(C)C(C)C(=O)CN.Cc1ccc(F)c(Br)c1. The highest BCUT2D eigenvalue weighted by Gasteiger charge is 2.22. The zero-order valence-corrected chi connectivity index (χ0v) is 15.2. The van der Waals surface area contributed by atoms with E-state index in [1.54, 1.807) is 12.1 Å². The molecule has 1 rings (SSSR count). The van der Waals surface area contributed by atoms with E-state index in [9.17, 15) is 9.18 Å². The summed E-state index contributed by atoms with van der Waals surface area (Å²) < 4.78 is 13.0. The van der Waals surface area contributed by atoms with E-state index < -0.39 is 0 Å². The van der Waals surface area contributed by atoms with E-state index in [-0.39, 0.29) is 24.1 Å². The number of Topliss-reactive ketones (excluding diaryl/α,β-unsaturated/α-hetero) is 1. The molecule has 21 heavy (non-hydrogen) atoms. The lowest BCUT2D eigenvalue weighted by molar-refractivity contribution is -0.122. The van der Waals surface area contributed by atoms with Gasteiger partial charge in [-0.1, -0.05) is 40.2 Å². The van der Waals surface area contributed by atoms with Gasteiger partial charge < -0.3 is 5.73 Å². The average Bonchev–Trinajstić information content (AvgIpc) is 2.48. The molecule has 2 nitrogen and oxygen atoms in total. The van der Waals surface area contributed by atoms with Crippen LogP contribution in [0, 0.1) is 30.5 Å². The largest absolute Gasteiger partial charge is 0.324 e. The quantitative estimate of drug-likeness (QED) is 0.825. The fourth-order valence-corrected chi connectivity index (χ4v) is 2.44. The number of benzene rings is 1. The molecule has 0 saturated heterocycles. The van der Waals surface area contributed by atoms with Crippen molar-refractivity contribution >= 4 is 21.7 Å². The Balaban J connectivity index is 0.000000394. The molecule has 0 fully saturated rings. The lowest BCUT2D eigenvalue weighted by Gasteiger charge is -2.23. The van der Waals surface area contributed by atoms with Crippen LogP contribution in [0.3, 0.4) is 0 Å². The Labute approximate surface area is 136 Å². The van der Waals surface area contributed by atoms with Gasteiger partial charge in [-0.15, -0.1) is 0 Å². The van der Waals surface area contributed by atoms with Crippen LogP contribution in [-0.4, -0.2) is 12.3 Å². The second-order valence-corrected chi connectivity index (χ2v) is 6.48. The molecule has 0 aliphatic rings. The summed E-state index contributed by atoms with van der Waals surface area (Å²) in [7, 11) is 0. The molecule has 0 bridgehead atoms. The van der Waals surface area contributed by atoms with Crippen LogP contribution in [0.4, 0.5) is 4.39 Å². The highest BCUT2D eigenvalue weighted by Crippen LogP contribution is 2.23. The smallest absolute Gasteiger partial charge is 0.149 e. The van der Waals surface area contributed by atoms with Crippen LogP contribution in [0.25, 0.3) is 0 Å². The van der Waals surface area contributed by atoms with E-state index in [0.717, 1.165) is 12.0 Å². The second-order valence-electron chi connectivity index (χ2n) is 5.62. The van der Waals surface area contributed by atoms with Gasteiger partial charge in [0.2, 0.25) is 0 Å². The van der Waals surface area contributed by atoms with Crippen molar-refractivity contribution in [3.8, 4) is 0 Å². The van der Waals surface area contributed by atoms with E-state index in [1.165, 1.54) is 6.07 Å². The molecular weight excluding hydrogens is 333 g/mol. The number of halogens is 2. The van der Waals surface area contributed by atoms with Gasteiger partial charge in [-0.3, -0.25) is 4.79 Å². The number of nitrogens with two attached hydrogens (primary N) is 1. The standard InChI is InChI=1S/C10H21NO.C7H6BrF/c1-5-7(2)8(3)9(4)10(12)6-11;1-5-2-3-7(9)6(8)4-5/h7-9H,5-6,11H2,1-4H3;2-4H,1H3. The predicted octanol–water partition coefficient (Wildman–Crippen LogP) is 4.73. The Morgan fingerprint density at radius 1 is 1.33 bits per heavy atom. The monoisotopic (exact) mass is 359 g/mol. The molecule has 1 aromatic carbocycles. The van der Waals surface area contributed by atoms with Crippen molar-refractivity contribution in [2.75, 3.05) is 6.54 Å². The number of ketones is 1. The van der Waals surface area contributed by atoms with E-state index in [4.69, 9.17) is 5.73 Å². The molecule has 3 unspecified atom stereocenters. The Bertz CT molecular complexity index is 450. The summed E-state index contributed by atoms with van der Waals surface area (Å²) in [5.74, 6) is 1.15. The average molecular weight is 360 g/mol. The number of aryl methyl sites for hydroxylation is 1. The number of carbonyl (C=O) groups excluding carboxylic acids is 1. The Hall–Kier alpha value is -0.740. The Morgan fingerprint density at radius 3 is 2.29 bits per heavy atom. The minimum atomic E-state index is -0.208. The van der Waals surface area contributed by atoms with Gasteiger partial charge in [0.15, 0.2) is 0 Å². The first kappa shape index (κ1) is 20.3. The van der Waals surface area contributed by atoms with Gasteiger partial charge in [0.25, 0.3) is 0 Å².